The van der Waals surface area contributed by atoms with E-state index < -0.39 is 0 Å². The maximum atomic E-state index is 9.39. The van der Waals surface area contributed by atoms with Crippen LogP contribution in [0.5, 0.6) is 0 Å². The summed E-state index contributed by atoms with van der Waals surface area (Å²) in [6.45, 7) is 0.873. The number of hydrogen-bond donors (Lipinski definition) is 2. The zero-order valence-corrected chi connectivity index (χ0v) is 9.71. The van der Waals surface area contributed by atoms with Gasteiger partial charge in [0, 0.05) is 6.54 Å². The molecule has 2 aromatic rings. The Kier molecular flexibility index (Phi) is 4.30. The molecule has 0 saturated heterocycles. The molecule has 0 aliphatic rings. The van der Waals surface area contributed by atoms with Gasteiger partial charge in [0.15, 0.2) is 0 Å². The molecule has 2 aromatic carbocycles. The molecule has 1 atom stereocenters. The summed E-state index contributed by atoms with van der Waals surface area (Å²) in [5.41, 5.74) is 2.34. The molecule has 0 spiro atoms. The van der Waals surface area contributed by atoms with Gasteiger partial charge in [-0.1, -0.05) is 60.7 Å². The molecule has 2 heteroatoms. The van der Waals surface area contributed by atoms with E-state index in [1.165, 1.54) is 5.56 Å². The van der Waals surface area contributed by atoms with Crippen molar-refractivity contribution in [1.82, 2.24) is 5.32 Å². The maximum Gasteiger partial charge on any atom is 0.0626 e. The lowest BCUT2D eigenvalue weighted by Gasteiger charge is -2.16. The van der Waals surface area contributed by atoms with E-state index in [1.807, 2.05) is 48.5 Å². The molecule has 0 radical (unpaired) electrons. The zero-order chi connectivity index (χ0) is 11.9. The number of hydrogen-bond acceptors (Lipinski definition) is 2. The SMILES string of the molecule is OC[C@@H](NCc1ccccc1)c1ccccc1. The highest BCUT2D eigenvalue weighted by atomic mass is 16.3. The van der Waals surface area contributed by atoms with E-state index in [1.54, 1.807) is 0 Å². The normalized spacial score (nSPS) is 12.3. The maximum absolute atomic E-state index is 9.39. The van der Waals surface area contributed by atoms with Crippen molar-refractivity contribution in [1.29, 1.82) is 0 Å². The predicted octanol–water partition coefficient (Wildman–Crippen LogP) is 2.51. The molecule has 0 heterocycles. The molecule has 0 aromatic heterocycles. The lowest BCUT2D eigenvalue weighted by atomic mass is 10.1. The molecule has 17 heavy (non-hydrogen) atoms. The van der Waals surface area contributed by atoms with Crippen LogP contribution in [0.15, 0.2) is 60.7 Å². The van der Waals surface area contributed by atoms with Crippen molar-refractivity contribution in [2.24, 2.45) is 0 Å². The summed E-state index contributed by atoms with van der Waals surface area (Å²) in [6.07, 6.45) is 0. The highest BCUT2D eigenvalue weighted by Gasteiger charge is 2.08. The molecule has 0 unspecified atom stereocenters. The Balaban J connectivity index is 1.97. The Labute approximate surface area is 102 Å². The molecule has 0 aliphatic carbocycles. The van der Waals surface area contributed by atoms with Crippen LogP contribution < -0.4 is 5.32 Å². The van der Waals surface area contributed by atoms with Crippen LogP contribution in [0.3, 0.4) is 0 Å². The Morgan fingerprint density at radius 2 is 1.47 bits per heavy atom. The topological polar surface area (TPSA) is 32.3 Å². The minimum atomic E-state index is -0.00333. The fraction of sp³-hybridized carbons (Fsp3) is 0.200. The lowest BCUT2D eigenvalue weighted by Crippen LogP contribution is -2.23. The van der Waals surface area contributed by atoms with Crippen LogP contribution in [0, 0.1) is 0 Å². The molecule has 0 fully saturated rings. The number of aliphatic hydroxyl groups is 1. The highest BCUT2D eigenvalue weighted by molar-refractivity contribution is 5.20. The number of nitrogens with one attached hydrogen (secondary N) is 1. The van der Waals surface area contributed by atoms with Crippen LogP contribution in [-0.4, -0.2) is 11.7 Å². The van der Waals surface area contributed by atoms with E-state index in [4.69, 9.17) is 0 Å². The summed E-state index contributed by atoms with van der Waals surface area (Å²) in [7, 11) is 0. The van der Waals surface area contributed by atoms with Crippen LogP contribution in [0.25, 0.3) is 0 Å². The van der Waals surface area contributed by atoms with Crippen LogP contribution in [0.4, 0.5) is 0 Å². The van der Waals surface area contributed by atoms with Gasteiger partial charge in [0.1, 0.15) is 0 Å². The molecule has 0 bridgehead atoms. The number of benzene rings is 2. The van der Waals surface area contributed by atoms with Crippen LogP contribution in [0.2, 0.25) is 0 Å². The van der Waals surface area contributed by atoms with Gasteiger partial charge < -0.3 is 10.4 Å². The minimum Gasteiger partial charge on any atom is -0.394 e. The van der Waals surface area contributed by atoms with Crippen molar-refractivity contribution < 1.29 is 5.11 Å². The van der Waals surface area contributed by atoms with Gasteiger partial charge in [-0.2, -0.15) is 0 Å². The van der Waals surface area contributed by atoms with Crippen molar-refractivity contribution >= 4 is 0 Å². The summed E-state index contributed by atoms with van der Waals surface area (Å²) < 4.78 is 0. The first kappa shape index (κ1) is 11.8. The molecule has 88 valence electrons. The van der Waals surface area contributed by atoms with Gasteiger partial charge in [-0.15, -0.1) is 0 Å². The smallest absolute Gasteiger partial charge is 0.0626 e. The second kappa shape index (κ2) is 6.18. The highest BCUT2D eigenvalue weighted by Crippen LogP contribution is 2.12. The monoisotopic (exact) mass is 227 g/mol. The molecular formula is C15H17NO. The fourth-order valence-corrected chi connectivity index (χ4v) is 1.81. The molecule has 2 nitrogen and oxygen atoms in total. The Morgan fingerprint density at radius 1 is 0.882 bits per heavy atom. The van der Waals surface area contributed by atoms with E-state index >= 15 is 0 Å². The zero-order valence-electron chi connectivity index (χ0n) is 9.71. The van der Waals surface area contributed by atoms with E-state index in [0.29, 0.717) is 0 Å². The fourth-order valence-electron chi connectivity index (χ4n) is 1.81. The van der Waals surface area contributed by atoms with Gasteiger partial charge in [-0.05, 0) is 11.1 Å². The van der Waals surface area contributed by atoms with Crippen molar-refractivity contribution in [2.45, 2.75) is 12.6 Å². The summed E-state index contributed by atoms with van der Waals surface area (Å²) in [5, 5.41) is 12.7. The third-order valence-corrected chi connectivity index (χ3v) is 2.78. The Bertz CT molecular complexity index is 427. The molecule has 0 saturated carbocycles. The van der Waals surface area contributed by atoms with Crippen LogP contribution in [0.1, 0.15) is 17.2 Å². The summed E-state index contributed by atoms with van der Waals surface area (Å²) >= 11 is 0. The second-order valence-corrected chi connectivity index (χ2v) is 4.01. The first-order valence-electron chi connectivity index (χ1n) is 5.83. The van der Waals surface area contributed by atoms with Crippen molar-refractivity contribution in [3.63, 3.8) is 0 Å². The second-order valence-electron chi connectivity index (χ2n) is 4.01. The van der Waals surface area contributed by atoms with Gasteiger partial charge in [0.25, 0.3) is 0 Å². The predicted molar refractivity (Wildman–Crippen MR) is 69.6 cm³/mol. The van der Waals surface area contributed by atoms with Gasteiger partial charge in [-0.25, -0.2) is 0 Å². The summed E-state index contributed by atoms with van der Waals surface area (Å²) in [4.78, 5) is 0. The molecule has 0 amide bonds. The lowest BCUT2D eigenvalue weighted by molar-refractivity contribution is 0.243. The van der Waals surface area contributed by atoms with E-state index in [0.717, 1.165) is 12.1 Å². The van der Waals surface area contributed by atoms with Crippen LogP contribution in [-0.2, 0) is 6.54 Å². The first-order valence-corrected chi connectivity index (χ1v) is 5.83. The third kappa shape index (κ3) is 3.41. The van der Waals surface area contributed by atoms with E-state index in [-0.39, 0.29) is 12.6 Å². The quantitative estimate of drug-likeness (QED) is 0.822. The number of aliphatic hydroxyl groups excluding tert-OH is 1. The molecule has 0 aliphatic heterocycles. The third-order valence-electron chi connectivity index (χ3n) is 2.78. The van der Waals surface area contributed by atoms with Gasteiger partial charge in [-0.3, -0.25) is 0 Å². The standard InChI is InChI=1S/C15H17NO/c17-12-15(14-9-5-2-6-10-14)16-11-13-7-3-1-4-8-13/h1-10,15-17H,11-12H2/t15-/m1/s1. The van der Waals surface area contributed by atoms with Gasteiger partial charge in [0.05, 0.1) is 12.6 Å². The van der Waals surface area contributed by atoms with Gasteiger partial charge >= 0.3 is 0 Å². The Hall–Kier alpha value is -1.64. The van der Waals surface area contributed by atoms with Crippen molar-refractivity contribution in [2.75, 3.05) is 6.61 Å². The van der Waals surface area contributed by atoms with E-state index in [9.17, 15) is 5.11 Å². The van der Waals surface area contributed by atoms with Crippen molar-refractivity contribution in [3.05, 3.63) is 71.8 Å². The molecule has 2 rings (SSSR count). The van der Waals surface area contributed by atoms with Crippen molar-refractivity contribution in [3.8, 4) is 0 Å². The average molecular weight is 227 g/mol. The van der Waals surface area contributed by atoms with Crippen LogP contribution >= 0.6 is 0 Å². The average Bonchev–Trinajstić information content (AvgIpc) is 2.42. The number of rotatable bonds is 5. The largest absolute Gasteiger partial charge is 0.394 e. The molecule has 2 N–H and O–H groups in total. The molecular weight excluding hydrogens is 210 g/mol. The summed E-state index contributed by atoms with van der Waals surface area (Å²) in [6, 6.07) is 20.2. The summed E-state index contributed by atoms with van der Waals surface area (Å²) in [5.74, 6) is 0. The van der Waals surface area contributed by atoms with E-state index in [2.05, 4.69) is 17.4 Å². The minimum absolute atomic E-state index is 0.00333. The first-order chi connectivity index (χ1) is 8.40. The Morgan fingerprint density at radius 3 is 2.06 bits per heavy atom. The van der Waals surface area contributed by atoms with Gasteiger partial charge in [0.2, 0.25) is 0 Å².